The SMILES string of the molecule is CCN(CC)C(=O)c1cccc(NC(=O)CCc2nc(-c3ccncc3)no2)c1. The van der Waals surface area contributed by atoms with Crippen molar-refractivity contribution < 1.29 is 14.1 Å². The zero-order chi connectivity index (χ0) is 20.6. The van der Waals surface area contributed by atoms with E-state index < -0.39 is 0 Å². The second-order valence-corrected chi connectivity index (χ2v) is 6.35. The molecule has 0 spiro atoms. The number of amides is 2. The molecule has 0 saturated heterocycles. The van der Waals surface area contributed by atoms with Gasteiger partial charge >= 0.3 is 0 Å². The fraction of sp³-hybridized carbons (Fsp3) is 0.286. The fourth-order valence-electron chi connectivity index (χ4n) is 2.84. The lowest BCUT2D eigenvalue weighted by Gasteiger charge is -2.19. The molecule has 150 valence electrons. The van der Waals surface area contributed by atoms with Crippen molar-refractivity contribution in [3.05, 3.63) is 60.2 Å². The van der Waals surface area contributed by atoms with Crippen LogP contribution in [-0.2, 0) is 11.2 Å². The number of hydrogen-bond donors (Lipinski definition) is 1. The van der Waals surface area contributed by atoms with Crippen LogP contribution in [0.25, 0.3) is 11.4 Å². The van der Waals surface area contributed by atoms with E-state index >= 15 is 0 Å². The number of carbonyl (C=O) groups excluding carboxylic acids is 2. The summed E-state index contributed by atoms with van der Waals surface area (Å²) in [6.07, 6.45) is 3.81. The molecule has 0 bridgehead atoms. The average molecular weight is 393 g/mol. The first-order chi connectivity index (χ1) is 14.1. The van der Waals surface area contributed by atoms with Crippen molar-refractivity contribution in [2.24, 2.45) is 0 Å². The number of rotatable bonds is 8. The number of aromatic nitrogens is 3. The first-order valence-corrected chi connectivity index (χ1v) is 9.52. The van der Waals surface area contributed by atoms with E-state index in [-0.39, 0.29) is 18.2 Å². The van der Waals surface area contributed by atoms with E-state index in [4.69, 9.17) is 4.52 Å². The third-order valence-corrected chi connectivity index (χ3v) is 4.42. The van der Waals surface area contributed by atoms with Crippen LogP contribution in [0.3, 0.4) is 0 Å². The third kappa shape index (κ3) is 5.25. The monoisotopic (exact) mass is 393 g/mol. The highest BCUT2D eigenvalue weighted by Crippen LogP contribution is 2.16. The molecule has 0 radical (unpaired) electrons. The molecule has 1 aromatic carbocycles. The summed E-state index contributed by atoms with van der Waals surface area (Å²) in [5, 5.41) is 6.74. The van der Waals surface area contributed by atoms with Gasteiger partial charge in [-0.2, -0.15) is 4.98 Å². The Morgan fingerprint density at radius 3 is 2.59 bits per heavy atom. The Kier molecular flexibility index (Phi) is 6.67. The van der Waals surface area contributed by atoms with Gasteiger partial charge in [-0.3, -0.25) is 14.6 Å². The molecule has 3 aromatic rings. The van der Waals surface area contributed by atoms with Crippen molar-refractivity contribution in [2.75, 3.05) is 18.4 Å². The first kappa shape index (κ1) is 20.2. The van der Waals surface area contributed by atoms with Gasteiger partial charge in [0.15, 0.2) is 0 Å². The topological polar surface area (TPSA) is 101 Å². The molecular formula is C21H23N5O3. The van der Waals surface area contributed by atoms with Crippen LogP contribution in [0, 0.1) is 0 Å². The smallest absolute Gasteiger partial charge is 0.253 e. The summed E-state index contributed by atoms with van der Waals surface area (Å²) in [5.41, 5.74) is 1.93. The van der Waals surface area contributed by atoms with Crippen LogP contribution in [0.4, 0.5) is 5.69 Å². The number of hydrogen-bond acceptors (Lipinski definition) is 6. The zero-order valence-corrected chi connectivity index (χ0v) is 16.5. The van der Waals surface area contributed by atoms with Crippen LogP contribution < -0.4 is 5.32 Å². The fourth-order valence-corrected chi connectivity index (χ4v) is 2.84. The summed E-state index contributed by atoms with van der Waals surface area (Å²) >= 11 is 0. The van der Waals surface area contributed by atoms with Gasteiger partial charge in [0.1, 0.15) is 0 Å². The number of benzene rings is 1. The standard InChI is InChI=1S/C21H23N5O3/c1-3-26(4-2)21(28)16-6-5-7-17(14-16)23-18(27)8-9-19-24-20(25-29-19)15-10-12-22-13-11-15/h5-7,10-14H,3-4,8-9H2,1-2H3,(H,23,27). The Balaban J connectivity index is 1.57. The maximum Gasteiger partial charge on any atom is 0.253 e. The molecule has 0 aliphatic heterocycles. The predicted octanol–water partition coefficient (Wildman–Crippen LogP) is 3.18. The van der Waals surface area contributed by atoms with E-state index in [1.165, 1.54) is 0 Å². The molecule has 0 fully saturated rings. The van der Waals surface area contributed by atoms with Gasteiger partial charge < -0.3 is 14.7 Å². The lowest BCUT2D eigenvalue weighted by molar-refractivity contribution is -0.116. The Morgan fingerprint density at radius 2 is 1.86 bits per heavy atom. The lowest BCUT2D eigenvalue weighted by Crippen LogP contribution is -2.30. The van der Waals surface area contributed by atoms with Gasteiger partial charge in [0.2, 0.25) is 17.6 Å². The molecule has 2 heterocycles. The Morgan fingerprint density at radius 1 is 1.10 bits per heavy atom. The van der Waals surface area contributed by atoms with Gasteiger partial charge in [0.25, 0.3) is 5.91 Å². The molecule has 2 aromatic heterocycles. The summed E-state index contributed by atoms with van der Waals surface area (Å²) in [4.78, 5) is 34.7. The second-order valence-electron chi connectivity index (χ2n) is 6.35. The average Bonchev–Trinajstić information content (AvgIpc) is 3.23. The molecule has 0 unspecified atom stereocenters. The van der Waals surface area contributed by atoms with Gasteiger partial charge in [-0.15, -0.1) is 0 Å². The molecule has 0 aliphatic rings. The normalized spacial score (nSPS) is 10.6. The molecule has 29 heavy (non-hydrogen) atoms. The van der Waals surface area contributed by atoms with Gasteiger partial charge in [-0.1, -0.05) is 11.2 Å². The van der Waals surface area contributed by atoms with Gasteiger partial charge in [-0.05, 0) is 44.2 Å². The minimum Gasteiger partial charge on any atom is -0.339 e. The van der Waals surface area contributed by atoms with E-state index in [1.54, 1.807) is 53.7 Å². The molecule has 8 nitrogen and oxygen atoms in total. The van der Waals surface area contributed by atoms with Crippen LogP contribution in [0.5, 0.6) is 0 Å². The van der Waals surface area contributed by atoms with Crippen molar-refractivity contribution in [2.45, 2.75) is 26.7 Å². The van der Waals surface area contributed by atoms with E-state index in [0.29, 0.717) is 42.5 Å². The van der Waals surface area contributed by atoms with Crippen molar-refractivity contribution in [3.63, 3.8) is 0 Å². The molecule has 2 amide bonds. The van der Waals surface area contributed by atoms with E-state index in [2.05, 4.69) is 20.4 Å². The molecule has 8 heteroatoms. The number of pyridine rings is 1. The molecule has 3 rings (SSSR count). The van der Waals surface area contributed by atoms with Gasteiger partial charge in [-0.25, -0.2) is 0 Å². The van der Waals surface area contributed by atoms with Crippen LogP contribution in [-0.4, -0.2) is 44.9 Å². The van der Waals surface area contributed by atoms with Gasteiger partial charge in [0, 0.05) is 55.1 Å². The van der Waals surface area contributed by atoms with Crippen LogP contribution >= 0.6 is 0 Å². The highest BCUT2D eigenvalue weighted by Gasteiger charge is 2.14. The first-order valence-electron chi connectivity index (χ1n) is 9.52. The van der Waals surface area contributed by atoms with Gasteiger partial charge in [0.05, 0.1) is 0 Å². The summed E-state index contributed by atoms with van der Waals surface area (Å²) in [6.45, 7) is 5.14. The van der Waals surface area contributed by atoms with E-state index in [0.717, 1.165) is 5.56 Å². The minimum atomic E-state index is -0.193. The number of aryl methyl sites for hydroxylation is 1. The summed E-state index contributed by atoms with van der Waals surface area (Å²) in [6, 6.07) is 10.5. The zero-order valence-electron chi connectivity index (χ0n) is 16.5. The summed E-state index contributed by atoms with van der Waals surface area (Å²) in [7, 11) is 0. The molecule has 0 aliphatic carbocycles. The summed E-state index contributed by atoms with van der Waals surface area (Å²) < 4.78 is 5.21. The predicted molar refractivity (Wildman–Crippen MR) is 108 cm³/mol. The van der Waals surface area contributed by atoms with Crippen LogP contribution in [0.15, 0.2) is 53.3 Å². The molecule has 0 saturated carbocycles. The largest absolute Gasteiger partial charge is 0.339 e. The van der Waals surface area contributed by atoms with E-state index in [1.807, 2.05) is 13.8 Å². The van der Waals surface area contributed by atoms with Crippen LogP contribution in [0.2, 0.25) is 0 Å². The number of nitrogens with zero attached hydrogens (tertiary/aromatic N) is 4. The second kappa shape index (κ2) is 9.59. The number of anilines is 1. The highest BCUT2D eigenvalue weighted by atomic mass is 16.5. The summed E-state index contributed by atoms with van der Waals surface area (Å²) in [5.74, 6) is 0.601. The maximum absolute atomic E-state index is 12.5. The maximum atomic E-state index is 12.5. The van der Waals surface area contributed by atoms with Crippen molar-refractivity contribution in [3.8, 4) is 11.4 Å². The van der Waals surface area contributed by atoms with E-state index in [9.17, 15) is 9.59 Å². The molecule has 0 atom stereocenters. The molecular weight excluding hydrogens is 370 g/mol. The minimum absolute atomic E-state index is 0.0550. The van der Waals surface area contributed by atoms with Crippen molar-refractivity contribution in [1.82, 2.24) is 20.0 Å². The Hall–Kier alpha value is -3.55. The molecule has 1 N–H and O–H groups in total. The number of nitrogens with one attached hydrogen (secondary N) is 1. The Bertz CT molecular complexity index is 967. The van der Waals surface area contributed by atoms with Crippen molar-refractivity contribution >= 4 is 17.5 Å². The van der Waals surface area contributed by atoms with Crippen LogP contribution in [0.1, 0.15) is 36.5 Å². The highest BCUT2D eigenvalue weighted by molar-refractivity contribution is 5.97. The Labute approximate surface area is 169 Å². The lowest BCUT2D eigenvalue weighted by atomic mass is 10.1. The quantitative estimate of drug-likeness (QED) is 0.631. The number of carbonyl (C=O) groups is 2. The van der Waals surface area contributed by atoms with Crippen molar-refractivity contribution in [1.29, 1.82) is 0 Å². The third-order valence-electron chi connectivity index (χ3n) is 4.42.